The number of amides is 1. The van der Waals surface area contributed by atoms with E-state index in [0.29, 0.717) is 17.1 Å². The molecule has 0 aliphatic rings. The van der Waals surface area contributed by atoms with E-state index in [9.17, 15) is 4.79 Å². The van der Waals surface area contributed by atoms with Gasteiger partial charge in [0.05, 0.1) is 24.1 Å². The molecule has 0 aliphatic carbocycles. The predicted octanol–water partition coefficient (Wildman–Crippen LogP) is 6.42. The second kappa shape index (κ2) is 10.4. The average molecular weight is 425 g/mol. The third kappa shape index (κ3) is 4.88. The van der Waals surface area contributed by atoms with Crippen LogP contribution in [0.1, 0.15) is 48.7 Å². The SMILES string of the molecule is CCCCCCNC(=O)c1cc(-c2ccc(Cl)cc2)n(-c2ccccc2OC)c1C. The lowest BCUT2D eigenvalue weighted by molar-refractivity contribution is 0.0952. The van der Waals surface area contributed by atoms with Gasteiger partial charge in [-0.05, 0) is 49.2 Å². The van der Waals surface area contributed by atoms with Crippen LogP contribution in [0.5, 0.6) is 5.75 Å². The maximum absolute atomic E-state index is 13.0. The molecule has 1 heterocycles. The Morgan fingerprint density at radius 2 is 1.80 bits per heavy atom. The van der Waals surface area contributed by atoms with Gasteiger partial charge < -0.3 is 14.6 Å². The minimum atomic E-state index is -0.0483. The van der Waals surface area contributed by atoms with E-state index in [2.05, 4.69) is 16.8 Å². The fourth-order valence-electron chi connectivity index (χ4n) is 3.64. The van der Waals surface area contributed by atoms with E-state index < -0.39 is 0 Å². The Kier molecular flexibility index (Phi) is 7.58. The van der Waals surface area contributed by atoms with Crippen LogP contribution in [-0.4, -0.2) is 24.1 Å². The molecule has 0 fully saturated rings. The average Bonchev–Trinajstić information content (AvgIpc) is 3.11. The Labute approximate surface area is 183 Å². The molecule has 0 aliphatic heterocycles. The standard InChI is InChI=1S/C25H29ClN2O2/c1-4-5-6-9-16-27-25(29)21-17-23(19-12-14-20(26)15-13-19)28(18(21)2)22-10-7-8-11-24(22)30-3/h7-8,10-15,17H,4-6,9,16H2,1-3H3,(H,27,29). The second-order valence-electron chi connectivity index (χ2n) is 7.36. The summed E-state index contributed by atoms with van der Waals surface area (Å²) in [4.78, 5) is 13.0. The van der Waals surface area contributed by atoms with E-state index in [1.54, 1.807) is 7.11 Å². The number of nitrogens with zero attached hydrogens (tertiary/aromatic N) is 1. The van der Waals surface area contributed by atoms with Crippen molar-refractivity contribution in [1.29, 1.82) is 0 Å². The number of unbranched alkanes of at least 4 members (excludes halogenated alkanes) is 3. The van der Waals surface area contributed by atoms with Gasteiger partial charge in [0.25, 0.3) is 5.91 Å². The fraction of sp³-hybridized carbons (Fsp3) is 0.320. The number of carbonyl (C=O) groups excluding carboxylic acids is 1. The van der Waals surface area contributed by atoms with E-state index >= 15 is 0 Å². The third-order valence-corrected chi connectivity index (χ3v) is 5.53. The first-order valence-corrected chi connectivity index (χ1v) is 10.8. The number of rotatable bonds is 9. The summed E-state index contributed by atoms with van der Waals surface area (Å²) < 4.78 is 7.67. The molecule has 158 valence electrons. The molecule has 3 aromatic rings. The van der Waals surface area contributed by atoms with E-state index in [4.69, 9.17) is 16.3 Å². The molecule has 30 heavy (non-hydrogen) atoms. The summed E-state index contributed by atoms with van der Waals surface area (Å²) in [6.45, 7) is 4.84. The zero-order valence-electron chi connectivity index (χ0n) is 17.9. The molecule has 1 amide bonds. The van der Waals surface area contributed by atoms with Crippen molar-refractivity contribution in [2.45, 2.75) is 39.5 Å². The number of methoxy groups -OCH3 is 1. The van der Waals surface area contributed by atoms with Crippen molar-refractivity contribution in [3.05, 3.63) is 70.9 Å². The Bertz CT molecular complexity index is 993. The minimum absolute atomic E-state index is 0.0483. The molecule has 0 radical (unpaired) electrons. The smallest absolute Gasteiger partial charge is 0.253 e. The predicted molar refractivity (Wildman–Crippen MR) is 124 cm³/mol. The van der Waals surface area contributed by atoms with Crippen LogP contribution in [0.3, 0.4) is 0 Å². The van der Waals surface area contributed by atoms with Crippen LogP contribution in [0.25, 0.3) is 16.9 Å². The van der Waals surface area contributed by atoms with Crippen molar-refractivity contribution in [2.75, 3.05) is 13.7 Å². The zero-order chi connectivity index (χ0) is 21.5. The number of para-hydroxylation sites is 2. The molecular weight excluding hydrogens is 396 g/mol. The lowest BCUT2D eigenvalue weighted by Crippen LogP contribution is -2.24. The summed E-state index contributed by atoms with van der Waals surface area (Å²) in [5.41, 5.74) is 4.33. The van der Waals surface area contributed by atoms with Crippen LogP contribution in [0, 0.1) is 6.92 Å². The lowest BCUT2D eigenvalue weighted by atomic mass is 10.1. The van der Waals surface area contributed by atoms with Gasteiger partial charge in [0, 0.05) is 17.3 Å². The maximum Gasteiger partial charge on any atom is 0.253 e. The van der Waals surface area contributed by atoms with E-state index in [0.717, 1.165) is 41.2 Å². The Morgan fingerprint density at radius 1 is 1.07 bits per heavy atom. The topological polar surface area (TPSA) is 43.3 Å². The number of ether oxygens (including phenoxy) is 1. The monoisotopic (exact) mass is 424 g/mol. The van der Waals surface area contributed by atoms with Crippen LogP contribution in [-0.2, 0) is 0 Å². The first kappa shape index (κ1) is 22.0. The number of benzene rings is 2. The number of aromatic nitrogens is 1. The lowest BCUT2D eigenvalue weighted by Gasteiger charge is -2.15. The molecular formula is C25H29ClN2O2. The molecule has 0 spiro atoms. The molecule has 1 N–H and O–H groups in total. The summed E-state index contributed by atoms with van der Waals surface area (Å²) >= 11 is 6.09. The van der Waals surface area contributed by atoms with Crippen molar-refractivity contribution in [2.24, 2.45) is 0 Å². The molecule has 4 nitrogen and oxygen atoms in total. The summed E-state index contributed by atoms with van der Waals surface area (Å²) in [7, 11) is 1.66. The van der Waals surface area contributed by atoms with E-state index in [1.807, 2.05) is 61.5 Å². The first-order valence-electron chi connectivity index (χ1n) is 10.5. The summed E-state index contributed by atoms with van der Waals surface area (Å²) in [6, 6.07) is 17.4. The van der Waals surface area contributed by atoms with Gasteiger partial charge in [-0.2, -0.15) is 0 Å². The summed E-state index contributed by atoms with van der Waals surface area (Å²) in [6.07, 6.45) is 4.50. The molecule has 0 bridgehead atoms. The Balaban J connectivity index is 2.01. The van der Waals surface area contributed by atoms with Crippen molar-refractivity contribution < 1.29 is 9.53 Å². The number of carbonyl (C=O) groups is 1. The fourth-order valence-corrected chi connectivity index (χ4v) is 3.77. The van der Waals surface area contributed by atoms with Gasteiger partial charge in [-0.25, -0.2) is 0 Å². The summed E-state index contributed by atoms with van der Waals surface area (Å²) in [5, 5.41) is 3.75. The van der Waals surface area contributed by atoms with E-state index in [1.165, 1.54) is 12.8 Å². The Hall–Kier alpha value is -2.72. The molecule has 1 aromatic heterocycles. The van der Waals surface area contributed by atoms with E-state index in [-0.39, 0.29) is 5.91 Å². The molecule has 3 rings (SSSR count). The van der Waals surface area contributed by atoms with Gasteiger partial charge in [0.1, 0.15) is 5.75 Å². The maximum atomic E-state index is 13.0. The third-order valence-electron chi connectivity index (χ3n) is 5.27. The van der Waals surface area contributed by atoms with Crippen molar-refractivity contribution in [3.63, 3.8) is 0 Å². The van der Waals surface area contributed by atoms with Crippen LogP contribution < -0.4 is 10.1 Å². The molecule has 5 heteroatoms. The Morgan fingerprint density at radius 3 is 2.50 bits per heavy atom. The molecule has 0 atom stereocenters. The summed E-state index contributed by atoms with van der Waals surface area (Å²) in [5.74, 6) is 0.700. The van der Waals surface area contributed by atoms with Crippen LogP contribution >= 0.6 is 11.6 Å². The first-order chi connectivity index (χ1) is 14.6. The zero-order valence-corrected chi connectivity index (χ0v) is 18.6. The van der Waals surface area contributed by atoms with Crippen LogP contribution in [0.4, 0.5) is 0 Å². The van der Waals surface area contributed by atoms with Crippen molar-refractivity contribution in [1.82, 2.24) is 9.88 Å². The van der Waals surface area contributed by atoms with Crippen LogP contribution in [0.2, 0.25) is 5.02 Å². The largest absolute Gasteiger partial charge is 0.495 e. The van der Waals surface area contributed by atoms with Crippen molar-refractivity contribution >= 4 is 17.5 Å². The van der Waals surface area contributed by atoms with Gasteiger partial charge in [-0.3, -0.25) is 4.79 Å². The highest BCUT2D eigenvalue weighted by molar-refractivity contribution is 6.30. The minimum Gasteiger partial charge on any atom is -0.495 e. The second-order valence-corrected chi connectivity index (χ2v) is 7.80. The highest BCUT2D eigenvalue weighted by atomic mass is 35.5. The molecule has 0 saturated carbocycles. The molecule has 0 saturated heterocycles. The highest BCUT2D eigenvalue weighted by Crippen LogP contribution is 2.34. The van der Waals surface area contributed by atoms with Crippen molar-refractivity contribution in [3.8, 4) is 22.7 Å². The van der Waals surface area contributed by atoms with Crippen LogP contribution in [0.15, 0.2) is 54.6 Å². The molecule has 0 unspecified atom stereocenters. The van der Waals surface area contributed by atoms with Gasteiger partial charge in [0.15, 0.2) is 0 Å². The quantitative estimate of drug-likeness (QED) is 0.402. The molecule has 2 aromatic carbocycles. The number of hydrogen-bond acceptors (Lipinski definition) is 2. The number of nitrogens with one attached hydrogen (secondary N) is 1. The highest BCUT2D eigenvalue weighted by Gasteiger charge is 2.21. The number of hydrogen-bond donors (Lipinski definition) is 1. The van der Waals surface area contributed by atoms with Gasteiger partial charge in [-0.1, -0.05) is 62.1 Å². The van der Waals surface area contributed by atoms with Gasteiger partial charge in [0.2, 0.25) is 0 Å². The number of halogens is 1. The van der Waals surface area contributed by atoms with Gasteiger partial charge >= 0.3 is 0 Å². The van der Waals surface area contributed by atoms with Gasteiger partial charge in [-0.15, -0.1) is 0 Å². The normalized spacial score (nSPS) is 10.8.